The number of pyridine rings is 1. The molecule has 0 bridgehead atoms. The summed E-state index contributed by atoms with van der Waals surface area (Å²) in [4.78, 5) is 15.4. The van der Waals surface area contributed by atoms with Gasteiger partial charge in [0.2, 0.25) is 0 Å². The molecule has 0 atom stereocenters. The molecule has 15 heavy (non-hydrogen) atoms. The number of nitrogens with one attached hydrogen (secondary N) is 1. The van der Waals surface area contributed by atoms with Crippen LogP contribution in [0.25, 0.3) is 0 Å². The van der Waals surface area contributed by atoms with Crippen LogP contribution >= 0.6 is 11.6 Å². The third kappa shape index (κ3) is 4.40. The highest BCUT2D eigenvalue weighted by Gasteiger charge is 2.06. The van der Waals surface area contributed by atoms with Gasteiger partial charge in [-0.25, -0.2) is 0 Å². The van der Waals surface area contributed by atoms with Crippen molar-refractivity contribution in [1.82, 2.24) is 10.3 Å². The third-order valence-corrected chi connectivity index (χ3v) is 2.41. The average molecular weight is 227 g/mol. The highest BCUT2D eigenvalue weighted by Crippen LogP contribution is 2.14. The van der Waals surface area contributed by atoms with Gasteiger partial charge < -0.3 is 5.32 Å². The fraction of sp³-hybridized carbons (Fsp3) is 0.455. The van der Waals surface area contributed by atoms with E-state index >= 15 is 0 Å². The van der Waals surface area contributed by atoms with Crippen molar-refractivity contribution < 1.29 is 4.79 Å². The van der Waals surface area contributed by atoms with E-state index in [1.54, 1.807) is 18.5 Å². The Kier molecular flexibility index (Phi) is 5.29. The van der Waals surface area contributed by atoms with Crippen molar-refractivity contribution >= 4 is 17.4 Å². The first kappa shape index (κ1) is 12.1. The van der Waals surface area contributed by atoms with Gasteiger partial charge in [0.15, 0.2) is 0 Å². The lowest BCUT2D eigenvalue weighted by Gasteiger charge is -2.03. The van der Waals surface area contributed by atoms with Crippen molar-refractivity contribution in [1.29, 1.82) is 0 Å². The second-order valence-electron chi connectivity index (χ2n) is 3.29. The van der Waals surface area contributed by atoms with E-state index < -0.39 is 0 Å². The summed E-state index contributed by atoms with van der Waals surface area (Å²) >= 11 is 5.90. The Morgan fingerprint density at radius 1 is 1.60 bits per heavy atom. The Morgan fingerprint density at radius 2 is 2.40 bits per heavy atom. The fourth-order valence-electron chi connectivity index (χ4n) is 1.25. The number of Topliss-reactive ketones (excluding diaryl/α,β-unsaturated/α-hetero) is 1. The first-order valence-electron chi connectivity index (χ1n) is 5.05. The lowest BCUT2D eigenvalue weighted by Crippen LogP contribution is -2.18. The molecule has 0 aromatic carbocycles. The lowest BCUT2D eigenvalue weighted by atomic mass is 10.1. The van der Waals surface area contributed by atoms with E-state index in [1.165, 1.54) is 0 Å². The molecule has 0 amide bonds. The van der Waals surface area contributed by atoms with Crippen LogP contribution < -0.4 is 5.32 Å². The van der Waals surface area contributed by atoms with E-state index in [0.717, 1.165) is 18.7 Å². The molecule has 0 radical (unpaired) electrons. The number of carbonyl (C=O) groups excluding carboxylic acids is 1. The highest BCUT2D eigenvalue weighted by atomic mass is 35.5. The summed E-state index contributed by atoms with van der Waals surface area (Å²) < 4.78 is 0. The number of hydrogen-bond donors (Lipinski definition) is 1. The summed E-state index contributed by atoms with van der Waals surface area (Å²) in [6.45, 7) is 3.64. The summed E-state index contributed by atoms with van der Waals surface area (Å²) in [6, 6.07) is 1.79. The Bertz CT molecular complexity index is 328. The van der Waals surface area contributed by atoms with Gasteiger partial charge in [-0.15, -0.1) is 0 Å². The molecule has 0 aliphatic carbocycles. The molecule has 0 spiro atoms. The summed E-state index contributed by atoms with van der Waals surface area (Å²) in [5.74, 6) is 0.198. The molecule has 1 aromatic rings. The SMILES string of the molecule is CCNCCC(=O)Cc1ccncc1Cl. The van der Waals surface area contributed by atoms with Gasteiger partial charge in [-0.05, 0) is 18.2 Å². The van der Waals surface area contributed by atoms with Crippen LogP contribution in [0.1, 0.15) is 18.9 Å². The van der Waals surface area contributed by atoms with Gasteiger partial charge >= 0.3 is 0 Å². The zero-order valence-corrected chi connectivity index (χ0v) is 9.55. The van der Waals surface area contributed by atoms with E-state index in [1.807, 2.05) is 6.92 Å². The minimum absolute atomic E-state index is 0.198. The van der Waals surface area contributed by atoms with Crippen LogP contribution in [0.2, 0.25) is 5.02 Å². The number of carbonyl (C=O) groups is 1. The van der Waals surface area contributed by atoms with Gasteiger partial charge in [0.05, 0.1) is 5.02 Å². The molecule has 0 aliphatic rings. The summed E-state index contributed by atoms with van der Waals surface area (Å²) in [5, 5.41) is 3.68. The van der Waals surface area contributed by atoms with Crippen molar-refractivity contribution in [3.05, 3.63) is 29.0 Å². The van der Waals surface area contributed by atoms with Gasteiger partial charge in [0.1, 0.15) is 5.78 Å². The third-order valence-electron chi connectivity index (χ3n) is 2.07. The predicted octanol–water partition coefficient (Wildman–Crippen LogP) is 1.85. The van der Waals surface area contributed by atoms with Crippen molar-refractivity contribution in [3.8, 4) is 0 Å². The normalized spacial score (nSPS) is 10.3. The van der Waals surface area contributed by atoms with E-state index in [4.69, 9.17) is 11.6 Å². The van der Waals surface area contributed by atoms with Crippen LogP contribution in [0, 0.1) is 0 Å². The van der Waals surface area contributed by atoms with Crippen molar-refractivity contribution in [2.45, 2.75) is 19.8 Å². The molecule has 82 valence electrons. The number of nitrogens with zero attached hydrogens (tertiary/aromatic N) is 1. The predicted molar refractivity (Wildman–Crippen MR) is 61.1 cm³/mol. The van der Waals surface area contributed by atoms with E-state index in [9.17, 15) is 4.79 Å². The molecule has 1 rings (SSSR count). The first-order chi connectivity index (χ1) is 7.24. The lowest BCUT2D eigenvalue weighted by molar-refractivity contribution is -0.118. The Morgan fingerprint density at radius 3 is 3.07 bits per heavy atom. The van der Waals surface area contributed by atoms with Crippen LogP contribution in [-0.2, 0) is 11.2 Å². The molecule has 0 saturated carbocycles. The van der Waals surface area contributed by atoms with Gasteiger partial charge in [-0.2, -0.15) is 0 Å². The molecule has 1 aromatic heterocycles. The van der Waals surface area contributed by atoms with Crippen LogP contribution in [0.15, 0.2) is 18.5 Å². The number of aromatic nitrogens is 1. The second-order valence-corrected chi connectivity index (χ2v) is 3.69. The topological polar surface area (TPSA) is 42.0 Å². The van der Waals surface area contributed by atoms with Gasteiger partial charge in [-0.3, -0.25) is 9.78 Å². The van der Waals surface area contributed by atoms with Crippen molar-refractivity contribution in [3.63, 3.8) is 0 Å². The first-order valence-corrected chi connectivity index (χ1v) is 5.42. The number of hydrogen-bond acceptors (Lipinski definition) is 3. The Labute approximate surface area is 94.9 Å². The van der Waals surface area contributed by atoms with Crippen LogP contribution in [0.5, 0.6) is 0 Å². The van der Waals surface area contributed by atoms with Crippen molar-refractivity contribution in [2.75, 3.05) is 13.1 Å². The molecule has 4 heteroatoms. The maximum absolute atomic E-state index is 11.5. The highest BCUT2D eigenvalue weighted by molar-refractivity contribution is 6.31. The van der Waals surface area contributed by atoms with E-state index in [2.05, 4.69) is 10.3 Å². The average Bonchev–Trinajstić information content (AvgIpc) is 2.22. The summed E-state index contributed by atoms with van der Waals surface area (Å²) in [7, 11) is 0. The molecule has 0 aliphatic heterocycles. The van der Waals surface area contributed by atoms with Crippen LogP contribution in [0.3, 0.4) is 0 Å². The molecule has 0 unspecified atom stereocenters. The summed E-state index contributed by atoms with van der Waals surface area (Å²) in [6.07, 6.45) is 4.16. The zero-order chi connectivity index (χ0) is 11.1. The van der Waals surface area contributed by atoms with E-state index in [-0.39, 0.29) is 5.78 Å². The van der Waals surface area contributed by atoms with Gasteiger partial charge in [0.25, 0.3) is 0 Å². The molecular formula is C11H15ClN2O. The molecule has 0 fully saturated rings. The zero-order valence-electron chi connectivity index (χ0n) is 8.79. The van der Waals surface area contributed by atoms with Crippen LogP contribution in [-0.4, -0.2) is 23.9 Å². The molecule has 3 nitrogen and oxygen atoms in total. The maximum Gasteiger partial charge on any atom is 0.138 e. The van der Waals surface area contributed by atoms with Crippen molar-refractivity contribution in [2.24, 2.45) is 0 Å². The standard InChI is InChI=1S/C11H15ClN2O/c1-2-13-6-4-10(15)7-9-3-5-14-8-11(9)12/h3,5,8,13H,2,4,6-7H2,1H3. The van der Waals surface area contributed by atoms with Gasteiger partial charge in [-0.1, -0.05) is 18.5 Å². The maximum atomic E-state index is 11.5. The molecular weight excluding hydrogens is 212 g/mol. The minimum Gasteiger partial charge on any atom is -0.317 e. The Balaban J connectivity index is 2.41. The molecule has 1 heterocycles. The largest absolute Gasteiger partial charge is 0.317 e. The fourth-order valence-corrected chi connectivity index (χ4v) is 1.44. The van der Waals surface area contributed by atoms with Crippen LogP contribution in [0.4, 0.5) is 0 Å². The monoisotopic (exact) mass is 226 g/mol. The number of halogens is 1. The number of ketones is 1. The van der Waals surface area contributed by atoms with Gasteiger partial charge in [0, 0.05) is 31.8 Å². The molecule has 0 saturated heterocycles. The second kappa shape index (κ2) is 6.53. The smallest absolute Gasteiger partial charge is 0.138 e. The minimum atomic E-state index is 0.198. The van der Waals surface area contributed by atoms with E-state index in [0.29, 0.717) is 17.9 Å². The quantitative estimate of drug-likeness (QED) is 0.753. The number of rotatable bonds is 6. The Hall–Kier alpha value is -0.930. The summed E-state index contributed by atoms with van der Waals surface area (Å²) in [5.41, 5.74) is 0.855. The molecule has 1 N–H and O–H groups in total.